The van der Waals surface area contributed by atoms with Gasteiger partial charge in [-0.05, 0) is 36.2 Å². The lowest BCUT2D eigenvalue weighted by molar-refractivity contribution is 0.478. The van der Waals surface area contributed by atoms with Gasteiger partial charge in [-0.3, -0.25) is 0 Å². The van der Waals surface area contributed by atoms with E-state index in [4.69, 9.17) is 4.74 Å². The number of alkyl halides is 1. The average Bonchev–Trinajstić information content (AvgIpc) is 2.42. The first-order chi connectivity index (χ1) is 9.22. The molecule has 2 aromatic carbocycles. The molecule has 2 aromatic rings. The monoisotopic (exact) mass is 382 g/mol. The maximum Gasteiger partial charge on any atom is 0.132 e. The summed E-state index contributed by atoms with van der Waals surface area (Å²) in [4.78, 5) is 0. The minimum atomic E-state index is 0.781. The standard InChI is InChI=1S/C16H16Br2O/c1-2-3-12-4-8-15(9-5-12)19-16-10-14(18)7-6-13(16)11-17/h4-10H,2-3,11H2,1H3. The number of hydrogen-bond acceptors (Lipinski definition) is 1. The molecule has 2 rings (SSSR count). The van der Waals surface area contributed by atoms with Gasteiger partial charge in [-0.1, -0.05) is 63.4 Å². The van der Waals surface area contributed by atoms with Gasteiger partial charge in [0.25, 0.3) is 0 Å². The van der Waals surface area contributed by atoms with E-state index in [2.05, 4.69) is 57.0 Å². The van der Waals surface area contributed by atoms with Gasteiger partial charge in [-0.15, -0.1) is 0 Å². The summed E-state index contributed by atoms with van der Waals surface area (Å²) in [5.41, 5.74) is 2.49. The molecule has 0 saturated heterocycles. The highest BCUT2D eigenvalue weighted by atomic mass is 79.9. The summed E-state index contributed by atoms with van der Waals surface area (Å²) in [6.07, 6.45) is 2.28. The van der Waals surface area contributed by atoms with Crippen molar-refractivity contribution in [1.29, 1.82) is 0 Å². The molecule has 100 valence electrons. The quantitative estimate of drug-likeness (QED) is 0.567. The van der Waals surface area contributed by atoms with E-state index in [0.29, 0.717) is 0 Å². The van der Waals surface area contributed by atoms with E-state index < -0.39 is 0 Å². The van der Waals surface area contributed by atoms with Crippen LogP contribution in [0.15, 0.2) is 46.9 Å². The molecule has 0 aliphatic rings. The molecule has 0 bridgehead atoms. The van der Waals surface area contributed by atoms with Crippen molar-refractivity contribution in [1.82, 2.24) is 0 Å². The molecule has 0 N–H and O–H groups in total. The number of benzene rings is 2. The number of rotatable bonds is 5. The van der Waals surface area contributed by atoms with Gasteiger partial charge in [-0.25, -0.2) is 0 Å². The normalized spacial score (nSPS) is 10.5. The maximum absolute atomic E-state index is 5.95. The lowest BCUT2D eigenvalue weighted by Gasteiger charge is -2.10. The van der Waals surface area contributed by atoms with Crippen LogP contribution in [0.3, 0.4) is 0 Å². The Kier molecular flexibility index (Phi) is 5.46. The van der Waals surface area contributed by atoms with Crippen LogP contribution in [0, 0.1) is 0 Å². The Labute approximate surface area is 131 Å². The first kappa shape index (κ1) is 14.6. The van der Waals surface area contributed by atoms with Gasteiger partial charge in [0.15, 0.2) is 0 Å². The molecule has 19 heavy (non-hydrogen) atoms. The molecule has 0 radical (unpaired) electrons. The molecule has 0 aromatic heterocycles. The van der Waals surface area contributed by atoms with E-state index >= 15 is 0 Å². The zero-order valence-electron chi connectivity index (χ0n) is 10.8. The van der Waals surface area contributed by atoms with Gasteiger partial charge in [0, 0.05) is 15.4 Å². The Balaban J connectivity index is 2.18. The number of hydrogen-bond donors (Lipinski definition) is 0. The summed E-state index contributed by atoms with van der Waals surface area (Å²) < 4.78 is 6.98. The van der Waals surface area contributed by atoms with Gasteiger partial charge >= 0.3 is 0 Å². The molecule has 0 aliphatic heterocycles. The molecule has 0 atom stereocenters. The lowest BCUT2D eigenvalue weighted by Crippen LogP contribution is -1.90. The van der Waals surface area contributed by atoms with Crippen molar-refractivity contribution in [3.8, 4) is 11.5 Å². The summed E-state index contributed by atoms with van der Waals surface area (Å²) >= 11 is 6.96. The lowest BCUT2D eigenvalue weighted by atomic mass is 10.1. The SMILES string of the molecule is CCCc1ccc(Oc2cc(Br)ccc2CBr)cc1. The van der Waals surface area contributed by atoms with E-state index in [0.717, 1.165) is 33.3 Å². The van der Waals surface area contributed by atoms with Crippen molar-refractivity contribution in [3.05, 3.63) is 58.1 Å². The topological polar surface area (TPSA) is 9.23 Å². The van der Waals surface area contributed by atoms with E-state index in [9.17, 15) is 0 Å². The van der Waals surface area contributed by atoms with Crippen LogP contribution < -0.4 is 4.74 Å². The fourth-order valence-corrected chi connectivity index (χ4v) is 2.68. The summed E-state index contributed by atoms with van der Waals surface area (Å²) in [6, 6.07) is 14.4. The first-order valence-corrected chi connectivity index (χ1v) is 8.25. The van der Waals surface area contributed by atoms with Gasteiger partial charge in [0.1, 0.15) is 11.5 Å². The van der Waals surface area contributed by atoms with Crippen molar-refractivity contribution in [2.24, 2.45) is 0 Å². The molecule has 0 aliphatic carbocycles. The van der Waals surface area contributed by atoms with E-state index in [-0.39, 0.29) is 0 Å². The number of aryl methyl sites for hydroxylation is 1. The third kappa shape index (κ3) is 4.08. The second-order valence-corrected chi connectivity index (χ2v) is 5.86. The van der Waals surface area contributed by atoms with E-state index in [1.165, 1.54) is 12.0 Å². The van der Waals surface area contributed by atoms with Crippen LogP contribution in [-0.2, 0) is 11.8 Å². The number of halogens is 2. The van der Waals surface area contributed by atoms with Crippen LogP contribution in [-0.4, -0.2) is 0 Å². The number of ether oxygens (including phenoxy) is 1. The Morgan fingerprint density at radius 1 is 1.05 bits per heavy atom. The Morgan fingerprint density at radius 3 is 2.42 bits per heavy atom. The van der Waals surface area contributed by atoms with Crippen LogP contribution in [0.25, 0.3) is 0 Å². The third-order valence-electron chi connectivity index (χ3n) is 2.86. The predicted molar refractivity (Wildman–Crippen MR) is 87.3 cm³/mol. The van der Waals surface area contributed by atoms with Gasteiger partial charge < -0.3 is 4.74 Å². The molecule has 0 spiro atoms. The summed E-state index contributed by atoms with van der Waals surface area (Å²) in [5.74, 6) is 1.76. The fourth-order valence-electron chi connectivity index (χ4n) is 1.87. The highest BCUT2D eigenvalue weighted by Crippen LogP contribution is 2.30. The van der Waals surface area contributed by atoms with Gasteiger partial charge in [0.2, 0.25) is 0 Å². The van der Waals surface area contributed by atoms with E-state index in [1.807, 2.05) is 24.3 Å². The zero-order valence-corrected chi connectivity index (χ0v) is 14.0. The first-order valence-electron chi connectivity index (χ1n) is 6.34. The van der Waals surface area contributed by atoms with Crippen LogP contribution in [0.5, 0.6) is 11.5 Å². The fraction of sp³-hybridized carbons (Fsp3) is 0.250. The smallest absolute Gasteiger partial charge is 0.132 e. The van der Waals surface area contributed by atoms with Crippen LogP contribution in [0.2, 0.25) is 0 Å². The van der Waals surface area contributed by atoms with Crippen molar-refractivity contribution in [2.75, 3.05) is 0 Å². The maximum atomic E-state index is 5.95. The molecule has 0 fully saturated rings. The summed E-state index contributed by atoms with van der Waals surface area (Å²) in [7, 11) is 0. The van der Waals surface area contributed by atoms with E-state index in [1.54, 1.807) is 0 Å². The summed E-state index contributed by atoms with van der Waals surface area (Å²) in [5, 5.41) is 0.781. The van der Waals surface area contributed by atoms with Crippen molar-refractivity contribution < 1.29 is 4.74 Å². The Bertz CT molecular complexity index is 535. The minimum Gasteiger partial charge on any atom is -0.457 e. The largest absolute Gasteiger partial charge is 0.457 e. The molecular weight excluding hydrogens is 368 g/mol. The molecule has 0 amide bonds. The van der Waals surface area contributed by atoms with Gasteiger partial charge in [0.05, 0.1) is 0 Å². The van der Waals surface area contributed by atoms with Gasteiger partial charge in [-0.2, -0.15) is 0 Å². The Morgan fingerprint density at radius 2 is 1.79 bits per heavy atom. The molecule has 0 heterocycles. The second-order valence-electron chi connectivity index (χ2n) is 4.38. The van der Waals surface area contributed by atoms with Crippen LogP contribution in [0.4, 0.5) is 0 Å². The average molecular weight is 384 g/mol. The second kappa shape index (κ2) is 7.11. The highest BCUT2D eigenvalue weighted by Gasteiger charge is 2.05. The minimum absolute atomic E-state index is 0.781. The predicted octanol–water partition coefficient (Wildman–Crippen LogP) is 6.09. The molecule has 1 nitrogen and oxygen atoms in total. The van der Waals surface area contributed by atoms with Crippen LogP contribution >= 0.6 is 31.9 Å². The molecule has 3 heteroatoms. The van der Waals surface area contributed by atoms with Crippen molar-refractivity contribution in [3.63, 3.8) is 0 Å². The van der Waals surface area contributed by atoms with Crippen LogP contribution in [0.1, 0.15) is 24.5 Å². The third-order valence-corrected chi connectivity index (χ3v) is 3.96. The van der Waals surface area contributed by atoms with Crippen molar-refractivity contribution >= 4 is 31.9 Å². The molecular formula is C16H16Br2O. The Hall–Kier alpha value is -0.800. The molecule has 0 unspecified atom stereocenters. The summed E-state index contributed by atoms with van der Waals surface area (Å²) in [6.45, 7) is 2.19. The van der Waals surface area contributed by atoms with Crippen molar-refractivity contribution in [2.45, 2.75) is 25.1 Å². The molecule has 0 saturated carbocycles. The highest BCUT2D eigenvalue weighted by molar-refractivity contribution is 9.10. The zero-order chi connectivity index (χ0) is 13.7.